The van der Waals surface area contributed by atoms with Crippen LogP contribution in [-0.2, 0) is 0 Å². The van der Waals surface area contributed by atoms with E-state index in [0.29, 0.717) is 33.9 Å². The average Bonchev–Trinajstić information content (AvgIpc) is 2.89. The lowest BCUT2D eigenvalue weighted by molar-refractivity contribution is 0.111. The van der Waals surface area contributed by atoms with Crippen molar-refractivity contribution in [2.24, 2.45) is 0 Å². The van der Waals surface area contributed by atoms with Crippen molar-refractivity contribution in [1.82, 2.24) is 4.57 Å². The van der Waals surface area contributed by atoms with Crippen LogP contribution < -0.4 is 0 Å². The van der Waals surface area contributed by atoms with Crippen LogP contribution in [0.3, 0.4) is 0 Å². The van der Waals surface area contributed by atoms with Crippen molar-refractivity contribution in [3.05, 3.63) is 75.0 Å². The fraction of sp³-hybridized carbons (Fsp3) is 0. The summed E-state index contributed by atoms with van der Waals surface area (Å²) in [4.78, 5) is 23.4. The molecule has 0 bridgehead atoms. The second-order valence-electron chi connectivity index (χ2n) is 5.00. The lowest BCUT2D eigenvalue weighted by atomic mass is 10.0. The Balaban J connectivity index is 2.35. The van der Waals surface area contributed by atoms with Crippen LogP contribution in [-0.4, -0.2) is 17.1 Å². The van der Waals surface area contributed by atoms with Gasteiger partial charge in [0.05, 0.1) is 21.3 Å². The Morgan fingerprint density at radius 2 is 1.54 bits per heavy atom. The summed E-state index contributed by atoms with van der Waals surface area (Å²) in [5, 5.41) is 0.851. The minimum atomic E-state index is 0.143. The molecule has 0 amide bonds. The molecule has 0 aliphatic heterocycles. The molecule has 3 rings (SSSR count). The first-order valence-corrected chi connectivity index (χ1v) is 8.07. The summed E-state index contributed by atoms with van der Waals surface area (Å²) in [5.41, 5.74) is 2.27. The lowest BCUT2D eigenvalue weighted by Gasteiger charge is -2.09. The second-order valence-corrected chi connectivity index (χ2v) is 6.17. The van der Waals surface area contributed by atoms with Crippen molar-refractivity contribution in [2.45, 2.75) is 0 Å². The van der Waals surface area contributed by atoms with Gasteiger partial charge in [-0.25, -0.2) is 0 Å². The van der Waals surface area contributed by atoms with Crippen LogP contribution in [0.2, 0.25) is 15.2 Å². The summed E-state index contributed by atoms with van der Waals surface area (Å²) in [5.74, 6) is 0. The zero-order chi connectivity index (χ0) is 17.3. The summed E-state index contributed by atoms with van der Waals surface area (Å²) in [6.45, 7) is 0. The highest BCUT2D eigenvalue weighted by Gasteiger charge is 2.23. The number of hydrogen-bond acceptors (Lipinski definition) is 2. The van der Waals surface area contributed by atoms with Gasteiger partial charge in [-0.05, 0) is 23.8 Å². The van der Waals surface area contributed by atoms with Crippen molar-refractivity contribution in [3.8, 4) is 16.8 Å². The molecule has 3 aromatic rings. The molecular weight excluding hydrogens is 369 g/mol. The second kappa shape index (κ2) is 6.81. The van der Waals surface area contributed by atoms with Crippen LogP contribution >= 0.6 is 34.8 Å². The molecule has 0 aliphatic rings. The molecule has 0 spiro atoms. The van der Waals surface area contributed by atoms with E-state index in [-0.39, 0.29) is 16.4 Å². The highest BCUT2D eigenvalue weighted by atomic mass is 35.5. The third kappa shape index (κ3) is 2.75. The number of halogens is 3. The first-order valence-electron chi connectivity index (χ1n) is 6.94. The molecule has 6 heteroatoms. The monoisotopic (exact) mass is 377 g/mol. The van der Waals surface area contributed by atoms with E-state index in [1.54, 1.807) is 18.2 Å². The molecule has 1 aromatic heterocycles. The van der Waals surface area contributed by atoms with E-state index in [2.05, 4.69) is 0 Å². The van der Waals surface area contributed by atoms with Crippen molar-refractivity contribution < 1.29 is 9.59 Å². The van der Waals surface area contributed by atoms with Crippen molar-refractivity contribution >= 4 is 47.4 Å². The Kier molecular flexibility index (Phi) is 4.76. The minimum Gasteiger partial charge on any atom is -0.298 e. The number of carbonyl (C=O) groups is 2. The number of aromatic nitrogens is 1. The van der Waals surface area contributed by atoms with Gasteiger partial charge in [0.25, 0.3) is 0 Å². The number of rotatable bonds is 4. The Morgan fingerprint density at radius 3 is 2.12 bits per heavy atom. The third-order valence-corrected chi connectivity index (χ3v) is 4.75. The summed E-state index contributed by atoms with van der Waals surface area (Å²) in [6, 6.07) is 14.0. The van der Waals surface area contributed by atoms with Gasteiger partial charge in [0.1, 0.15) is 5.15 Å². The predicted molar refractivity (Wildman–Crippen MR) is 97.0 cm³/mol. The molecule has 3 nitrogen and oxygen atoms in total. The highest BCUT2D eigenvalue weighted by molar-refractivity contribution is 6.42. The average molecular weight is 379 g/mol. The van der Waals surface area contributed by atoms with Gasteiger partial charge in [0.2, 0.25) is 0 Å². The Bertz CT molecular complexity index is 933. The molecule has 0 fully saturated rings. The molecular formula is C18H10Cl3NO2. The molecule has 0 atom stereocenters. The van der Waals surface area contributed by atoms with Gasteiger partial charge in [-0.2, -0.15) is 0 Å². The van der Waals surface area contributed by atoms with Gasteiger partial charge < -0.3 is 0 Å². The van der Waals surface area contributed by atoms with Gasteiger partial charge in [0.15, 0.2) is 12.6 Å². The van der Waals surface area contributed by atoms with E-state index in [4.69, 9.17) is 34.8 Å². The van der Waals surface area contributed by atoms with Gasteiger partial charge in [-0.3, -0.25) is 14.2 Å². The van der Waals surface area contributed by atoms with Gasteiger partial charge in [0, 0.05) is 11.3 Å². The van der Waals surface area contributed by atoms with E-state index < -0.39 is 0 Å². The molecule has 24 heavy (non-hydrogen) atoms. The summed E-state index contributed by atoms with van der Waals surface area (Å²) in [7, 11) is 0. The van der Waals surface area contributed by atoms with Crippen LogP contribution in [0.1, 0.15) is 20.8 Å². The quantitative estimate of drug-likeness (QED) is 0.544. The van der Waals surface area contributed by atoms with Crippen molar-refractivity contribution in [3.63, 3.8) is 0 Å². The SMILES string of the molecule is O=Cc1c(-c2ccccc2)c(C=O)n(-c2ccc(Cl)c(Cl)c2)c1Cl. The predicted octanol–water partition coefficient (Wildman–Crippen LogP) is 5.73. The van der Waals surface area contributed by atoms with Gasteiger partial charge in [-0.15, -0.1) is 0 Å². The van der Waals surface area contributed by atoms with E-state index >= 15 is 0 Å². The molecule has 1 heterocycles. The zero-order valence-electron chi connectivity index (χ0n) is 12.2. The first-order chi connectivity index (χ1) is 11.6. The number of benzene rings is 2. The normalized spacial score (nSPS) is 10.6. The molecule has 2 aromatic carbocycles. The highest BCUT2D eigenvalue weighted by Crippen LogP contribution is 2.37. The van der Waals surface area contributed by atoms with E-state index in [1.807, 2.05) is 30.3 Å². The van der Waals surface area contributed by atoms with E-state index in [9.17, 15) is 9.59 Å². The van der Waals surface area contributed by atoms with Crippen LogP contribution in [0, 0.1) is 0 Å². The van der Waals surface area contributed by atoms with Crippen molar-refractivity contribution in [1.29, 1.82) is 0 Å². The molecule has 0 radical (unpaired) electrons. The Morgan fingerprint density at radius 1 is 0.833 bits per heavy atom. The zero-order valence-corrected chi connectivity index (χ0v) is 14.4. The van der Waals surface area contributed by atoms with Gasteiger partial charge >= 0.3 is 0 Å². The molecule has 0 saturated carbocycles. The Labute approximate surface area is 153 Å². The summed E-state index contributed by atoms with van der Waals surface area (Å²) < 4.78 is 1.49. The van der Waals surface area contributed by atoms with Crippen LogP contribution in [0.5, 0.6) is 0 Å². The largest absolute Gasteiger partial charge is 0.298 e. The molecule has 120 valence electrons. The first kappa shape index (κ1) is 16.8. The number of carbonyl (C=O) groups excluding carboxylic acids is 2. The molecule has 0 unspecified atom stereocenters. The van der Waals surface area contributed by atoms with Gasteiger partial charge in [-0.1, -0.05) is 65.1 Å². The van der Waals surface area contributed by atoms with Crippen LogP contribution in [0.25, 0.3) is 16.8 Å². The Hall–Kier alpha value is -2.07. The smallest absolute Gasteiger partial charge is 0.167 e. The number of nitrogens with zero attached hydrogens (tertiary/aromatic N) is 1. The number of aldehydes is 2. The third-order valence-electron chi connectivity index (χ3n) is 3.64. The fourth-order valence-electron chi connectivity index (χ4n) is 2.58. The lowest BCUT2D eigenvalue weighted by Crippen LogP contribution is -2.00. The molecule has 0 N–H and O–H groups in total. The number of hydrogen-bond donors (Lipinski definition) is 0. The maximum atomic E-state index is 11.8. The standard InChI is InChI=1S/C18H10Cl3NO2/c19-14-7-6-12(8-15(14)20)22-16(10-24)17(13(9-23)18(22)21)11-4-2-1-3-5-11/h1-10H. The maximum Gasteiger partial charge on any atom is 0.167 e. The van der Waals surface area contributed by atoms with E-state index in [0.717, 1.165) is 5.56 Å². The summed E-state index contributed by atoms with van der Waals surface area (Å²) in [6.07, 6.45) is 1.31. The maximum absolute atomic E-state index is 11.8. The fourth-order valence-corrected chi connectivity index (χ4v) is 3.20. The summed E-state index contributed by atoms with van der Waals surface area (Å²) >= 11 is 18.4. The molecule has 0 aliphatic carbocycles. The molecule has 0 saturated heterocycles. The minimum absolute atomic E-state index is 0.143. The van der Waals surface area contributed by atoms with Crippen molar-refractivity contribution in [2.75, 3.05) is 0 Å². The van der Waals surface area contributed by atoms with Crippen LogP contribution in [0.15, 0.2) is 48.5 Å². The van der Waals surface area contributed by atoms with E-state index in [1.165, 1.54) is 4.57 Å². The van der Waals surface area contributed by atoms with Crippen LogP contribution in [0.4, 0.5) is 0 Å². The topological polar surface area (TPSA) is 39.1 Å².